The molecule has 1 aliphatic heterocycles. The predicted octanol–water partition coefficient (Wildman–Crippen LogP) is 1.98. The van der Waals surface area contributed by atoms with Crippen LogP contribution < -0.4 is 9.46 Å². The van der Waals surface area contributed by atoms with Crippen molar-refractivity contribution in [3.05, 3.63) is 24.3 Å². The average molecular weight is 309 g/mol. The number of nitriles is 1. The molecule has 0 aliphatic carbocycles. The van der Waals surface area contributed by atoms with Gasteiger partial charge in [-0.2, -0.15) is 18.0 Å². The Kier molecular flexibility index (Phi) is 5.04. The molecule has 1 saturated heterocycles. The average Bonchev–Trinajstić information content (AvgIpc) is 2.45. The van der Waals surface area contributed by atoms with Gasteiger partial charge in [-0.05, 0) is 30.9 Å². The highest BCUT2D eigenvalue weighted by Crippen LogP contribution is 2.22. The van der Waals surface area contributed by atoms with Crippen LogP contribution in [0, 0.1) is 17.2 Å². The van der Waals surface area contributed by atoms with E-state index >= 15 is 0 Å². The number of benzene rings is 1. The first-order chi connectivity index (χ1) is 10.0. The van der Waals surface area contributed by atoms with Gasteiger partial charge in [-0.3, -0.25) is 4.72 Å². The summed E-state index contributed by atoms with van der Waals surface area (Å²) in [5, 5.41) is 8.49. The van der Waals surface area contributed by atoms with E-state index in [2.05, 4.69) is 11.6 Å². The summed E-state index contributed by atoms with van der Waals surface area (Å²) in [5.41, 5.74) is 0.434. The van der Waals surface area contributed by atoms with Crippen LogP contribution in [0.25, 0.3) is 0 Å². The van der Waals surface area contributed by atoms with E-state index in [-0.39, 0.29) is 6.61 Å². The Morgan fingerprint density at radius 3 is 3.05 bits per heavy atom. The largest absolute Gasteiger partial charge is 0.479 e. The van der Waals surface area contributed by atoms with Crippen molar-refractivity contribution in [1.82, 2.24) is 4.31 Å². The number of rotatable bonds is 5. The van der Waals surface area contributed by atoms with Crippen molar-refractivity contribution in [2.75, 3.05) is 24.4 Å². The van der Waals surface area contributed by atoms with Gasteiger partial charge in [0.1, 0.15) is 11.8 Å². The zero-order valence-corrected chi connectivity index (χ0v) is 12.8. The second-order valence-electron chi connectivity index (χ2n) is 5.19. The van der Waals surface area contributed by atoms with E-state index in [1.54, 1.807) is 24.3 Å². The van der Waals surface area contributed by atoms with Crippen LogP contribution in [-0.4, -0.2) is 32.4 Å². The Morgan fingerprint density at radius 1 is 1.52 bits per heavy atom. The molecule has 7 heteroatoms. The Balaban J connectivity index is 2.07. The molecule has 114 valence electrons. The highest BCUT2D eigenvalue weighted by molar-refractivity contribution is 7.90. The number of anilines is 1. The van der Waals surface area contributed by atoms with Crippen molar-refractivity contribution in [2.24, 2.45) is 5.92 Å². The van der Waals surface area contributed by atoms with Crippen LogP contribution in [0.1, 0.15) is 19.8 Å². The molecule has 1 unspecified atom stereocenters. The molecule has 0 radical (unpaired) electrons. The fraction of sp³-hybridized carbons (Fsp3) is 0.500. The van der Waals surface area contributed by atoms with E-state index < -0.39 is 10.2 Å². The van der Waals surface area contributed by atoms with Crippen molar-refractivity contribution in [3.8, 4) is 11.8 Å². The minimum absolute atomic E-state index is 0.0696. The first-order valence-corrected chi connectivity index (χ1v) is 8.33. The number of ether oxygens (including phenoxy) is 1. The Morgan fingerprint density at radius 2 is 2.33 bits per heavy atom. The van der Waals surface area contributed by atoms with Crippen LogP contribution in [0.2, 0.25) is 0 Å². The highest BCUT2D eigenvalue weighted by Gasteiger charge is 2.26. The van der Waals surface area contributed by atoms with E-state index in [4.69, 9.17) is 10.00 Å². The molecule has 1 aliphatic rings. The van der Waals surface area contributed by atoms with Gasteiger partial charge in [-0.1, -0.05) is 13.0 Å². The summed E-state index contributed by atoms with van der Waals surface area (Å²) in [5.74, 6) is 0.837. The fourth-order valence-corrected chi connectivity index (χ4v) is 3.72. The van der Waals surface area contributed by atoms with Gasteiger partial charge in [-0.15, -0.1) is 0 Å². The van der Waals surface area contributed by atoms with E-state index in [1.165, 1.54) is 4.31 Å². The third-order valence-electron chi connectivity index (χ3n) is 3.34. The number of nitrogens with one attached hydrogen (secondary N) is 1. The maximum atomic E-state index is 12.3. The smallest absolute Gasteiger partial charge is 0.301 e. The zero-order valence-electron chi connectivity index (χ0n) is 11.9. The number of piperidine rings is 1. The fourth-order valence-electron chi connectivity index (χ4n) is 2.34. The molecule has 1 aromatic rings. The Hall–Kier alpha value is -1.78. The van der Waals surface area contributed by atoms with Gasteiger partial charge in [0.2, 0.25) is 0 Å². The molecule has 0 saturated carbocycles. The molecule has 0 aromatic heterocycles. The van der Waals surface area contributed by atoms with Gasteiger partial charge < -0.3 is 4.74 Å². The molecule has 21 heavy (non-hydrogen) atoms. The topological polar surface area (TPSA) is 82.4 Å². The summed E-state index contributed by atoms with van der Waals surface area (Å²) in [6.07, 6.45) is 1.94. The van der Waals surface area contributed by atoms with E-state index in [0.29, 0.717) is 30.4 Å². The molecular formula is C14H19N3O3S. The molecule has 1 aromatic carbocycles. The Bertz CT molecular complexity index is 625. The predicted molar refractivity (Wildman–Crippen MR) is 80.1 cm³/mol. The van der Waals surface area contributed by atoms with Crippen LogP contribution >= 0.6 is 0 Å². The molecule has 1 heterocycles. The van der Waals surface area contributed by atoms with E-state index in [9.17, 15) is 8.42 Å². The summed E-state index contributed by atoms with van der Waals surface area (Å²) in [7, 11) is -3.54. The van der Waals surface area contributed by atoms with Crippen LogP contribution in [0.5, 0.6) is 5.75 Å². The lowest BCUT2D eigenvalue weighted by Crippen LogP contribution is -2.42. The van der Waals surface area contributed by atoms with Gasteiger partial charge in [0, 0.05) is 19.2 Å². The highest BCUT2D eigenvalue weighted by atomic mass is 32.2. The second-order valence-corrected chi connectivity index (χ2v) is 6.86. The number of hydrogen-bond acceptors (Lipinski definition) is 4. The second kappa shape index (κ2) is 6.78. The van der Waals surface area contributed by atoms with Crippen LogP contribution in [-0.2, 0) is 10.2 Å². The van der Waals surface area contributed by atoms with Crippen molar-refractivity contribution >= 4 is 15.9 Å². The maximum Gasteiger partial charge on any atom is 0.301 e. The van der Waals surface area contributed by atoms with Gasteiger partial charge in [0.25, 0.3) is 0 Å². The van der Waals surface area contributed by atoms with Gasteiger partial charge in [-0.25, -0.2) is 0 Å². The first kappa shape index (κ1) is 15.6. The van der Waals surface area contributed by atoms with Crippen molar-refractivity contribution in [3.63, 3.8) is 0 Å². The molecule has 2 rings (SSSR count). The van der Waals surface area contributed by atoms with Crippen molar-refractivity contribution < 1.29 is 13.2 Å². The summed E-state index contributed by atoms with van der Waals surface area (Å²) < 4.78 is 33.9. The molecule has 0 bridgehead atoms. The lowest BCUT2D eigenvalue weighted by atomic mass is 10.0. The SMILES string of the molecule is CC1CCCN(S(=O)(=O)Nc2cccc(OCC#N)c2)C1. The summed E-state index contributed by atoms with van der Waals surface area (Å²) in [6, 6.07) is 8.46. The van der Waals surface area contributed by atoms with Gasteiger partial charge in [0.05, 0.1) is 5.69 Å². The van der Waals surface area contributed by atoms with Crippen LogP contribution in [0.4, 0.5) is 5.69 Å². The van der Waals surface area contributed by atoms with Crippen molar-refractivity contribution in [2.45, 2.75) is 19.8 Å². The van der Waals surface area contributed by atoms with Crippen molar-refractivity contribution in [1.29, 1.82) is 5.26 Å². The van der Waals surface area contributed by atoms with E-state index in [1.807, 2.05) is 6.07 Å². The third kappa shape index (κ3) is 4.34. The first-order valence-electron chi connectivity index (χ1n) is 6.89. The molecule has 6 nitrogen and oxygen atoms in total. The lowest BCUT2D eigenvalue weighted by Gasteiger charge is -2.30. The van der Waals surface area contributed by atoms with Gasteiger partial charge in [0.15, 0.2) is 6.61 Å². The minimum atomic E-state index is -3.54. The monoisotopic (exact) mass is 309 g/mol. The maximum absolute atomic E-state index is 12.3. The third-order valence-corrected chi connectivity index (χ3v) is 4.85. The summed E-state index contributed by atoms with van der Waals surface area (Å²) in [6.45, 7) is 3.07. The van der Waals surface area contributed by atoms with Gasteiger partial charge >= 0.3 is 10.2 Å². The zero-order chi connectivity index (χ0) is 15.3. The number of nitrogens with zero attached hydrogens (tertiary/aromatic N) is 2. The lowest BCUT2D eigenvalue weighted by molar-refractivity contribution is 0.282. The van der Waals surface area contributed by atoms with E-state index in [0.717, 1.165) is 12.8 Å². The normalized spacial score (nSPS) is 19.7. The summed E-state index contributed by atoms with van der Waals surface area (Å²) >= 11 is 0. The minimum Gasteiger partial charge on any atom is -0.479 e. The number of hydrogen-bond donors (Lipinski definition) is 1. The molecular weight excluding hydrogens is 290 g/mol. The molecule has 1 atom stereocenters. The molecule has 0 amide bonds. The molecule has 1 N–H and O–H groups in total. The molecule has 0 spiro atoms. The molecule has 1 fully saturated rings. The Labute approximate surface area is 125 Å². The standard InChI is InChI=1S/C14H19N3O3S/c1-12-4-3-8-17(11-12)21(18,19)16-13-5-2-6-14(10-13)20-9-7-15/h2,5-6,10,12,16H,3-4,8-9,11H2,1H3. The summed E-state index contributed by atoms with van der Waals surface area (Å²) in [4.78, 5) is 0. The quantitative estimate of drug-likeness (QED) is 0.901. The van der Waals surface area contributed by atoms with Crippen LogP contribution in [0.15, 0.2) is 24.3 Å². The van der Waals surface area contributed by atoms with Crippen LogP contribution in [0.3, 0.4) is 0 Å².